The molecule has 2 aromatic carbocycles. The maximum absolute atomic E-state index is 13.6. The van der Waals surface area contributed by atoms with Crippen LogP contribution in [0.4, 0.5) is 5.82 Å². The van der Waals surface area contributed by atoms with E-state index in [1.807, 2.05) is 36.4 Å². The minimum absolute atomic E-state index is 0.179. The topological polar surface area (TPSA) is 82.8 Å². The molecule has 7 heteroatoms. The van der Waals surface area contributed by atoms with E-state index in [1.54, 1.807) is 28.9 Å². The zero-order valence-corrected chi connectivity index (χ0v) is 20.8. The maximum atomic E-state index is 13.6. The summed E-state index contributed by atoms with van der Waals surface area (Å²) in [6, 6.07) is 19.3. The Bertz CT molecular complexity index is 1460. The molecule has 3 heterocycles. The van der Waals surface area contributed by atoms with Gasteiger partial charge in [0.25, 0.3) is 0 Å². The van der Waals surface area contributed by atoms with E-state index in [2.05, 4.69) is 34.0 Å². The van der Waals surface area contributed by atoms with Crippen molar-refractivity contribution < 1.29 is 9.90 Å². The van der Waals surface area contributed by atoms with Gasteiger partial charge in [-0.15, -0.1) is 0 Å². The van der Waals surface area contributed by atoms with Gasteiger partial charge in [-0.2, -0.15) is 9.61 Å². The zero-order chi connectivity index (χ0) is 25.4. The Labute approximate surface area is 216 Å². The van der Waals surface area contributed by atoms with Gasteiger partial charge in [-0.1, -0.05) is 55.1 Å². The number of aromatic hydroxyl groups is 1. The van der Waals surface area contributed by atoms with Crippen molar-refractivity contribution in [2.75, 3.05) is 25.0 Å². The van der Waals surface area contributed by atoms with Gasteiger partial charge in [0.1, 0.15) is 11.6 Å². The van der Waals surface area contributed by atoms with E-state index in [9.17, 15) is 9.90 Å². The molecule has 0 spiro atoms. The smallest absolute Gasteiger partial charge is 0.233 e. The lowest BCUT2D eigenvalue weighted by molar-refractivity contribution is -0.135. The lowest BCUT2D eigenvalue weighted by Gasteiger charge is -2.35. The van der Waals surface area contributed by atoms with Gasteiger partial charge < -0.3 is 15.3 Å². The van der Waals surface area contributed by atoms with Crippen molar-refractivity contribution in [1.29, 1.82) is 0 Å². The monoisotopic (exact) mass is 493 g/mol. The van der Waals surface area contributed by atoms with E-state index in [0.717, 1.165) is 55.7 Å². The van der Waals surface area contributed by atoms with Gasteiger partial charge in [-0.05, 0) is 49.3 Å². The summed E-state index contributed by atoms with van der Waals surface area (Å²) in [5.41, 5.74) is 3.65. The Morgan fingerprint density at radius 1 is 1.16 bits per heavy atom. The van der Waals surface area contributed by atoms with Crippen molar-refractivity contribution in [3.63, 3.8) is 0 Å². The molecular weight excluding hydrogens is 462 g/mol. The summed E-state index contributed by atoms with van der Waals surface area (Å²) >= 11 is 0. The third-order valence-electron chi connectivity index (χ3n) is 7.76. The first-order valence-corrected chi connectivity index (χ1v) is 13.0. The van der Waals surface area contributed by atoms with E-state index in [1.165, 1.54) is 0 Å². The highest BCUT2D eigenvalue weighted by Gasteiger charge is 2.53. The molecule has 1 aliphatic heterocycles. The number of carbonyl (C=O) groups excluding carboxylic acids is 1. The highest BCUT2D eigenvalue weighted by atomic mass is 16.3. The highest BCUT2D eigenvalue weighted by molar-refractivity contribution is 5.91. The lowest BCUT2D eigenvalue weighted by atomic mass is 9.91. The van der Waals surface area contributed by atoms with Gasteiger partial charge in [-0.25, -0.2) is 4.98 Å². The summed E-state index contributed by atoms with van der Waals surface area (Å²) in [4.78, 5) is 20.4. The van der Waals surface area contributed by atoms with E-state index in [-0.39, 0.29) is 17.1 Å². The summed E-state index contributed by atoms with van der Waals surface area (Å²) < 4.78 is 1.78. The molecule has 37 heavy (non-hydrogen) atoms. The van der Waals surface area contributed by atoms with Crippen molar-refractivity contribution in [2.24, 2.45) is 5.92 Å². The Balaban J connectivity index is 1.22. The predicted octanol–water partition coefficient (Wildman–Crippen LogP) is 5.13. The van der Waals surface area contributed by atoms with E-state index < -0.39 is 0 Å². The average Bonchev–Trinajstić information content (AvgIpc) is 3.65. The molecule has 1 unspecified atom stereocenters. The number of benzene rings is 2. The Hall–Kier alpha value is -4.13. The number of carbonyl (C=O) groups is 1. The molecular formula is C30H31N5O2. The SMILES string of the molecule is C=Cc1cnn2c(NCC3CCCN(C(=O)C4(c5ccccc5)CC4)C3)cc(-c3ccccc3O)nc12. The van der Waals surface area contributed by atoms with Crippen LogP contribution in [0.2, 0.25) is 0 Å². The summed E-state index contributed by atoms with van der Waals surface area (Å²) in [5.74, 6) is 1.58. The number of anilines is 1. The largest absolute Gasteiger partial charge is 0.507 e. The predicted molar refractivity (Wildman–Crippen MR) is 145 cm³/mol. The molecule has 1 aliphatic carbocycles. The number of nitrogens with zero attached hydrogens (tertiary/aromatic N) is 4. The number of phenolic OH excluding ortho intramolecular Hbond substituents is 1. The number of para-hydroxylation sites is 1. The molecule has 0 bridgehead atoms. The number of aromatic nitrogens is 3. The van der Waals surface area contributed by atoms with Crippen LogP contribution >= 0.6 is 0 Å². The fourth-order valence-electron chi connectivity index (χ4n) is 5.55. The molecule has 4 aromatic rings. The van der Waals surface area contributed by atoms with Gasteiger partial charge in [0.05, 0.1) is 17.3 Å². The summed E-state index contributed by atoms with van der Waals surface area (Å²) in [6.45, 7) is 6.18. The first-order valence-electron chi connectivity index (χ1n) is 13.0. The summed E-state index contributed by atoms with van der Waals surface area (Å²) in [5, 5.41) is 18.5. The number of hydrogen-bond acceptors (Lipinski definition) is 5. The van der Waals surface area contributed by atoms with Gasteiger partial charge in [0.15, 0.2) is 5.65 Å². The van der Waals surface area contributed by atoms with Crippen molar-refractivity contribution in [3.05, 3.63) is 84.6 Å². The number of amides is 1. The molecule has 7 nitrogen and oxygen atoms in total. The Morgan fingerprint density at radius 3 is 2.70 bits per heavy atom. The third-order valence-corrected chi connectivity index (χ3v) is 7.76. The molecule has 2 fully saturated rings. The first-order chi connectivity index (χ1) is 18.1. The van der Waals surface area contributed by atoms with Crippen molar-refractivity contribution in [2.45, 2.75) is 31.1 Å². The molecule has 0 radical (unpaired) electrons. The van der Waals surface area contributed by atoms with Gasteiger partial charge >= 0.3 is 0 Å². The number of phenols is 1. The van der Waals surface area contributed by atoms with Crippen LogP contribution in [0.3, 0.4) is 0 Å². The van der Waals surface area contributed by atoms with E-state index >= 15 is 0 Å². The number of nitrogens with one attached hydrogen (secondary N) is 1. The fourth-order valence-corrected chi connectivity index (χ4v) is 5.55. The standard InChI is InChI=1S/C30H31N5O2/c1-2-22-19-32-35-27(17-25(33-28(22)35)24-12-6-7-13-26(24)36)31-18-21-9-8-16-34(20-21)29(37)30(14-15-30)23-10-4-3-5-11-23/h2-7,10-13,17,19,21,31,36H,1,8-9,14-16,18,20H2. The Kier molecular flexibility index (Phi) is 5.91. The van der Waals surface area contributed by atoms with Crippen LogP contribution in [0.1, 0.15) is 36.8 Å². The number of fused-ring (bicyclic) bond motifs is 1. The number of hydrogen-bond donors (Lipinski definition) is 2. The number of piperidine rings is 1. The second-order valence-electron chi connectivity index (χ2n) is 10.2. The molecule has 1 atom stereocenters. The van der Waals surface area contributed by atoms with Crippen LogP contribution < -0.4 is 5.32 Å². The molecule has 2 N–H and O–H groups in total. The van der Waals surface area contributed by atoms with Crippen LogP contribution in [0, 0.1) is 5.92 Å². The van der Waals surface area contributed by atoms with Crippen molar-refractivity contribution >= 4 is 23.4 Å². The molecule has 1 amide bonds. The van der Waals surface area contributed by atoms with Gasteiger partial charge in [0.2, 0.25) is 5.91 Å². The van der Waals surface area contributed by atoms with Crippen LogP contribution in [-0.2, 0) is 10.2 Å². The summed E-state index contributed by atoms with van der Waals surface area (Å²) in [6.07, 6.45) is 7.41. The second kappa shape index (κ2) is 9.39. The molecule has 6 rings (SSSR count). The molecule has 2 aliphatic rings. The van der Waals surface area contributed by atoms with Crippen molar-refractivity contribution in [3.8, 4) is 17.0 Å². The molecule has 1 saturated heterocycles. The van der Waals surface area contributed by atoms with E-state index in [4.69, 9.17) is 4.98 Å². The van der Waals surface area contributed by atoms with Gasteiger partial charge in [0, 0.05) is 36.8 Å². The van der Waals surface area contributed by atoms with Gasteiger partial charge in [-0.3, -0.25) is 4.79 Å². The quantitative estimate of drug-likeness (QED) is 0.373. The van der Waals surface area contributed by atoms with Crippen LogP contribution in [0.15, 0.2) is 73.4 Å². The molecule has 2 aromatic heterocycles. The zero-order valence-electron chi connectivity index (χ0n) is 20.8. The fraction of sp³-hybridized carbons (Fsp3) is 0.300. The van der Waals surface area contributed by atoms with Crippen LogP contribution in [0.25, 0.3) is 23.0 Å². The second-order valence-corrected chi connectivity index (χ2v) is 10.2. The minimum Gasteiger partial charge on any atom is -0.507 e. The molecule has 1 saturated carbocycles. The van der Waals surface area contributed by atoms with Crippen molar-refractivity contribution in [1.82, 2.24) is 19.5 Å². The number of likely N-dealkylation sites (tertiary alicyclic amines) is 1. The third kappa shape index (κ3) is 4.24. The van der Waals surface area contributed by atoms with Crippen LogP contribution in [-0.4, -0.2) is 50.1 Å². The number of rotatable bonds is 7. The highest BCUT2D eigenvalue weighted by Crippen LogP contribution is 2.50. The molecule has 188 valence electrons. The minimum atomic E-state index is -0.323. The van der Waals surface area contributed by atoms with E-state index in [0.29, 0.717) is 29.4 Å². The first kappa shape index (κ1) is 23.3. The lowest BCUT2D eigenvalue weighted by Crippen LogP contribution is -2.46. The maximum Gasteiger partial charge on any atom is 0.233 e. The summed E-state index contributed by atoms with van der Waals surface area (Å²) in [7, 11) is 0. The Morgan fingerprint density at radius 2 is 1.95 bits per heavy atom. The van der Waals surface area contributed by atoms with Crippen LogP contribution in [0.5, 0.6) is 5.75 Å². The normalized spacial score (nSPS) is 18.5. The average molecular weight is 494 g/mol.